The molecule has 0 fully saturated rings. The Labute approximate surface area is 120 Å². The van der Waals surface area contributed by atoms with Crippen molar-refractivity contribution in [3.63, 3.8) is 0 Å². The first kappa shape index (κ1) is 13.2. The van der Waals surface area contributed by atoms with E-state index < -0.39 is 5.97 Å². The van der Waals surface area contributed by atoms with Gasteiger partial charge in [0.15, 0.2) is 5.82 Å². The molecule has 0 saturated carbocycles. The molecule has 0 aromatic carbocycles. The van der Waals surface area contributed by atoms with Crippen LogP contribution in [0.5, 0.6) is 0 Å². The number of hydrogen-bond acceptors (Lipinski definition) is 5. The number of fused-ring (bicyclic) bond motifs is 1. The van der Waals surface area contributed by atoms with Crippen molar-refractivity contribution in [1.82, 2.24) is 20.2 Å². The number of carboxylic acid groups (broad SMARTS) is 1. The molecule has 1 aliphatic rings. The second-order valence-electron chi connectivity index (χ2n) is 5.00. The summed E-state index contributed by atoms with van der Waals surface area (Å²) in [5.74, 6) is 0.344. The highest BCUT2D eigenvalue weighted by atomic mass is 32.1. The number of aliphatic carboxylic acids is 1. The number of carboxylic acids is 1. The van der Waals surface area contributed by atoms with Gasteiger partial charge in [0.05, 0.1) is 0 Å². The topological polar surface area (TPSA) is 80.9 Å². The van der Waals surface area contributed by atoms with E-state index >= 15 is 0 Å². The summed E-state index contributed by atoms with van der Waals surface area (Å²) in [5.41, 5.74) is 1.34. The highest BCUT2D eigenvalue weighted by molar-refractivity contribution is 7.10. The van der Waals surface area contributed by atoms with Crippen molar-refractivity contribution < 1.29 is 9.90 Å². The molecular formula is C13H16N4O2S. The number of nitrogens with zero attached hydrogens (tertiary/aromatic N) is 4. The lowest BCUT2D eigenvalue weighted by molar-refractivity contribution is -0.137. The molecule has 7 heteroatoms. The molecule has 1 unspecified atom stereocenters. The quantitative estimate of drug-likeness (QED) is 0.912. The number of aryl methyl sites for hydroxylation is 2. The van der Waals surface area contributed by atoms with E-state index in [-0.39, 0.29) is 12.3 Å². The second kappa shape index (κ2) is 5.70. The Morgan fingerprint density at radius 1 is 1.55 bits per heavy atom. The maximum Gasteiger partial charge on any atom is 0.303 e. The summed E-state index contributed by atoms with van der Waals surface area (Å²) >= 11 is 1.80. The molecule has 1 N–H and O–H groups in total. The number of hydrogen-bond donors (Lipinski definition) is 1. The Morgan fingerprint density at radius 3 is 3.30 bits per heavy atom. The van der Waals surface area contributed by atoms with E-state index in [1.54, 1.807) is 16.0 Å². The van der Waals surface area contributed by atoms with Crippen LogP contribution in [0, 0.1) is 0 Å². The smallest absolute Gasteiger partial charge is 0.303 e. The summed E-state index contributed by atoms with van der Waals surface area (Å²) in [6.45, 7) is 0.560. The van der Waals surface area contributed by atoms with Crippen LogP contribution in [0.25, 0.3) is 0 Å². The molecule has 0 bridgehead atoms. The van der Waals surface area contributed by atoms with Crippen molar-refractivity contribution in [3.8, 4) is 0 Å². The lowest BCUT2D eigenvalue weighted by atomic mass is 9.87. The first-order chi connectivity index (χ1) is 9.75. The first-order valence-corrected chi connectivity index (χ1v) is 7.68. The summed E-state index contributed by atoms with van der Waals surface area (Å²) in [4.78, 5) is 12.0. The zero-order valence-electron chi connectivity index (χ0n) is 11.0. The van der Waals surface area contributed by atoms with Gasteiger partial charge in [0, 0.05) is 23.8 Å². The summed E-state index contributed by atoms with van der Waals surface area (Å²) in [7, 11) is 0. The largest absolute Gasteiger partial charge is 0.481 e. The number of tetrazole rings is 1. The van der Waals surface area contributed by atoms with E-state index in [9.17, 15) is 4.79 Å². The molecule has 0 saturated heterocycles. The van der Waals surface area contributed by atoms with Crippen molar-refractivity contribution in [1.29, 1.82) is 0 Å². The molecule has 6 nitrogen and oxygen atoms in total. The molecule has 106 valence electrons. The number of carbonyl (C=O) groups is 1. The minimum absolute atomic E-state index is 0.146. The van der Waals surface area contributed by atoms with Gasteiger partial charge in [0.2, 0.25) is 0 Å². The maximum absolute atomic E-state index is 10.6. The minimum Gasteiger partial charge on any atom is -0.481 e. The zero-order valence-corrected chi connectivity index (χ0v) is 11.8. The Morgan fingerprint density at radius 2 is 2.45 bits per heavy atom. The Kier molecular flexibility index (Phi) is 3.77. The maximum atomic E-state index is 10.6. The molecule has 3 rings (SSSR count). The molecule has 1 atom stereocenters. The van der Waals surface area contributed by atoms with Crippen LogP contribution in [0.1, 0.15) is 47.9 Å². The SMILES string of the molecule is O=C(O)CCCn1nnnc1C1CCCc2sccc21. The van der Waals surface area contributed by atoms with Gasteiger partial charge in [0.1, 0.15) is 0 Å². The van der Waals surface area contributed by atoms with E-state index in [0.717, 1.165) is 25.1 Å². The molecule has 20 heavy (non-hydrogen) atoms. The monoisotopic (exact) mass is 292 g/mol. The third kappa shape index (κ3) is 2.58. The highest BCUT2D eigenvalue weighted by Gasteiger charge is 2.27. The third-order valence-electron chi connectivity index (χ3n) is 3.68. The van der Waals surface area contributed by atoms with Gasteiger partial charge in [-0.25, -0.2) is 4.68 Å². The van der Waals surface area contributed by atoms with Gasteiger partial charge in [-0.3, -0.25) is 4.79 Å². The molecule has 0 amide bonds. The number of thiophene rings is 1. The lowest BCUT2D eigenvalue weighted by Crippen LogP contribution is -2.16. The Balaban J connectivity index is 1.79. The normalized spacial score (nSPS) is 17.9. The van der Waals surface area contributed by atoms with Gasteiger partial charge < -0.3 is 5.11 Å². The van der Waals surface area contributed by atoms with Gasteiger partial charge in [-0.15, -0.1) is 16.4 Å². The summed E-state index contributed by atoms with van der Waals surface area (Å²) in [6, 6.07) is 2.17. The average Bonchev–Trinajstić information content (AvgIpc) is 3.05. The van der Waals surface area contributed by atoms with Gasteiger partial charge in [-0.2, -0.15) is 0 Å². The van der Waals surface area contributed by atoms with Crippen molar-refractivity contribution in [2.75, 3.05) is 0 Å². The fourth-order valence-corrected chi connectivity index (χ4v) is 3.74. The molecule has 0 radical (unpaired) electrons. The van der Waals surface area contributed by atoms with Crippen LogP contribution in [-0.2, 0) is 17.8 Å². The minimum atomic E-state index is -0.780. The van der Waals surface area contributed by atoms with Crippen LogP contribution in [0.15, 0.2) is 11.4 Å². The predicted molar refractivity (Wildman–Crippen MR) is 73.8 cm³/mol. The zero-order chi connectivity index (χ0) is 13.9. The van der Waals surface area contributed by atoms with E-state index in [4.69, 9.17) is 5.11 Å². The molecule has 0 aliphatic heterocycles. The average molecular weight is 292 g/mol. The fourth-order valence-electron chi connectivity index (χ4n) is 2.76. The molecule has 1 aliphatic carbocycles. The number of aromatic nitrogens is 4. The van der Waals surface area contributed by atoms with Crippen LogP contribution < -0.4 is 0 Å². The summed E-state index contributed by atoms with van der Waals surface area (Å²) in [5, 5.41) is 22.8. The molecule has 2 heterocycles. The molecular weight excluding hydrogens is 276 g/mol. The van der Waals surface area contributed by atoms with Crippen LogP contribution >= 0.6 is 11.3 Å². The lowest BCUT2D eigenvalue weighted by Gasteiger charge is -2.21. The van der Waals surface area contributed by atoms with Gasteiger partial charge in [-0.05, 0) is 53.1 Å². The fraction of sp³-hybridized carbons (Fsp3) is 0.538. The predicted octanol–water partition coefficient (Wildman–Crippen LogP) is 2.07. The van der Waals surface area contributed by atoms with Crippen LogP contribution in [0.2, 0.25) is 0 Å². The number of rotatable bonds is 5. The highest BCUT2D eigenvalue weighted by Crippen LogP contribution is 2.38. The van der Waals surface area contributed by atoms with E-state index in [1.807, 2.05) is 0 Å². The van der Waals surface area contributed by atoms with E-state index in [0.29, 0.717) is 13.0 Å². The first-order valence-electron chi connectivity index (χ1n) is 6.80. The van der Waals surface area contributed by atoms with Crippen molar-refractivity contribution >= 4 is 17.3 Å². The van der Waals surface area contributed by atoms with Gasteiger partial charge in [-0.1, -0.05) is 0 Å². The van der Waals surface area contributed by atoms with Crippen LogP contribution in [0.4, 0.5) is 0 Å². The summed E-state index contributed by atoms with van der Waals surface area (Å²) in [6.07, 6.45) is 4.05. The van der Waals surface area contributed by atoms with Gasteiger partial charge >= 0.3 is 5.97 Å². The molecule has 0 spiro atoms. The van der Waals surface area contributed by atoms with E-state index in [1.165, 1.54) is 10.4 Å². The Bertz CT molecular complexity index is 607. The molecule has 2 aromatic rings. The van der Waals surface area contributed by atoms with Crippen LogP contribution in [0.3, 0.4) is 0 Å². The van der Waals surface area contributed by atoms with Crippen LogP contribution in [-0.4, -0.2) is 31.3 Å². The van der Waals surface area contributed by atoms with Crippen molar-refractivity contribution in [2.45, 2.75) is 44.6 Å². The third-order valence-corrected chi connectivity index (χ3v) is 4.68. The second-order valence-corrected chi connectivity index (χ2v) is 6.00. The van der Waals surface area contributed by atoms with Gasteiger partial charge in [0.25, 0.3) is 0 Å². The Hall–Kier alpha value is -1.76. The van der Waals surface area contributed by atoms with Crippen molar-refractivity contribution in [2.24, 2.45) is 0 Å². The standard InChI is InChI=1S/C13H16N4O2S/c18-12(19)5-2-7-17-13(14-15-16-17)10-3-1-4-11-9(10)6-8-20-11/h6,8,10H,1-5,7H2,(H,18,19). The van der Waals surface area contributed by atoms with Crippen molar-refractivity contribution in [3.05, 3.63) is 27.7 Å². The summed E-state index contributed by atoms with van der Waals surface area (Å²) < 4.78 is 1.76. The van der Waals surface area contributed by atoms with E-state index in [2.05, 4.69) is 27.0 Å². The molecule has 2 aromatic heterocycles.